The third-order valence-corrected chi connectivity index (χ3v) is 4.28. The zero-order valence-corrected chi connectivity index (χ0v) is 16.3. The van der Waals surface area contributed by atoms with Gasteiger partial charge in [-0.2, -0.15) is 0 Å². The lowest BCUT2D eigenvalue weighted by molar-refractivity contribution is -0.151. The van der Waals surface area contributed by atoms with Crippen molar-refractivity contribution in [3.63, 3.8) is 0 Å². The van der Waals surface area contributed by atoms with E-state index in [9.17, 15) is 9.59 Å². The molecule has 0 radical (unpaired) electrons. The van der Waals surface area contributed by atoms with Crippen LogP contribution in [0.3, 0.4) is 0 Å². The number of carbonyl (C=O) groups excluding carboxylic acids is 1. The number of aromatic nitrogens is 2. The largest absolute Gasteiger partial charge is 0.493 e. The topological polar surface area (TPSA) is 90.5 Å². The van der Waals surface area contributed by atoms with Gasteiger partial charge in [-0.15, -0.1) is 6.58 Å². The summed E-state index contributed by atoms with van der Waals surface area (Å²) >= 11 is 0. The first-order chi connectivity index (χ1) is 14.0. The van der Waals surface area contributed by atoms with Gasteiger partial charge in [0.2, 0.25) is 0 Å². The van der Waals surface area contributed by atoms with E-state index in [0.717, 1.165) is 5.56 Å². The molecule has 0 fully saturated rings. The number of hydrogen-bond acceptors (Lipinski definition) is 6. The average Bonchev–Trinajstić information content (AvgIpc) is 2.72. The molecule has 0 saturated heterocycles. The number of H-pyrrole nitrogens is 1. The summed E-state index contributed by atoms with van der Waals surface area (Å²) in [5, 5.41) is 0.477. The van der Waals surface area contributed by atoms with Gasteiger partial charge in [0.1, 0.15) is 0 Å². The van der Waals surface area contributed by atoms with E-state index in [4.69, 9.17) is 14.2 Å². The van der Waals surface area contributed by atoms with E-state index in [2.05, 4.69) is 16.5 Å². The molecule has 29 heavy (non-hydrogen) atoms. The van der Waals surface area contributed by atoms with Gasteiger partial charge in [0.25, 0.3) is 5.56 Å². The quantitative estimate of drug-likeness (QED) is 0.465. The molecule has 0 spiro atoms. The van der Waals surface area contributed by atoms with Crippen LogP contribution in [-0.2, 0) is 16.0 Å². The van der Waals surface area contributed by atoms with E-state index in [1.165, 1.54) is 7.11 Å². The molecular formula is C22H22N2O5. The van der Waals surface area contributed by atoms with Crippen LogP contribution >= 0.6 is 0 Å². The smallest absolute Gasteiger partial charge is 0.344 e. The summed E-state index contributed by atoms with van der Waals surface area (Å²) in [5.41, 5.74) is 1.27. The maximum atomic E-state index is 12.2. The standard InChI is InChI=1S/C22H22N2O5/c1-4-7-15-10-11-18(19(12-15)27-3)28-13-20(25)29-14(2)21-23-17-9-6-5-8-16(17)22(26)24-21/h4-6,8-12,14H,1,7,13H2,2-3H3,(H,23,24,26)/t14-/m0/s1. The summed E-state index contributed by atoms with van der Waals surface area (Å²) in [6.07, 6.45) is 1.76. The lowest BCUT2D eigenvalue weighted by Gasteiger charge is -2.15. The number of ether oxygens (including phenoxy) is 3. The maximum absolute atomic E-state index is 12.2. The van der Waals surface area contributed by atoms with Crippen molar-refractivity contribution in [2.75, 3.05) is 13.7 Å². The first kappa shape index (κ1) is 20.1. The third-order valence-electron chi connectivity index (χ3n) is 4.28. The predicted octanol–water partition coefficient (Wildman–Crippen LogP) is 3.34. The van der Waals surface area contributed by atoms with Crippen LogP contribution in [0.2, 0.25) is 0 Å². The molecule has 0 amide bonds. The van der Waals surface area contributed by atoms with Gasteiger partial charge < -0.3 is 19.2 Å². The summed E-state index contributed by atoms with van der Waals surface area (Å²) in [6.45, 7) is 5.04. The van der Waals surface area contributed by atoms with E-state index in [-0.39, 0.29) is 18.0 Å². The number of esters is 1. The summed E-state index contributed by atoms with van der Waals surface area (Å²) in [7, 11) is 1.53. The Kier molecular flexibility index (Phi) is 6.29. The molecule has 3 rings (SSSR count). The number of carbonyl (C=O) groups is 1. The second-order valence-corrected chi connectivity index (χ2v) is 6.37. The second kappa shape index (κ2) is 9.05. The van der Waals surface area contributed by atoms with Crippen molar-refractivity contribution in [1.82, 2.24) is 9.97 Å². The molecule has 1 aromatic heterocycles. The second-order valence-electron chi connectivity index (χ2n) is 6.37. The Morgan fingerprint density at radius 3 is 2.79 bits per heavy atom. The third kappa shape index (κ3) is 4.82. The Morgan fingerprint density at radius 1 is 1.24 bits per heavy atom. The molecule has 0 bridgehead atoms. The van der Waals surface area contributed by atoms with Gasteiger partial charge in [-0.05, 0) is 43.2 Å². The van der Waals surface area contributed by atoms with Crippen molar-refractivity contribution in [2.45, 2.75) is 19.4 Å². The molecule has 3 aromatic rings. The first-order valence-electron chi connectivity index (χ1n) is 9.11. The minimum absolute atomic E-state index is 0.272. The summed E-state index contributed by atoms with van der Waals surface area (Å²) in [6, 6.07) is 12.4. The van der Waals surface area contributed by atoms with Crippen LogP contribution in [0.1, 0.15) is 24.4 Å². The van der Waals surface area contributed by atoms with Gasteiger partial charge in [-0.3, -0.25) is 4.79 Å². The fraction of sp³-hybridized carbons (Fsp3) is 0.227. The highest BCUT2D eigenvalue weighted by Crippen LogP contribution is 2.28. The van der Waals surface area contributed by atoms with Crippen LogP contribution in [0.5, 0.6) is 11.5 Å². The normalized spacial score (nSPS) is 11.7. The monoisotopic (exact) mass is 394 g/mol. The average molecular weight is 394 g/mol. The van der Waals surface area contributed by atoms with E-state index in [0.29, 0.717) is 28.8 Å². The van der Waals surface area contributed by atoms with Gasteiger partial charge >= 0.3 is 5.97 Å². The Morgan fingerprint density at radius 2 is 2.03 bits per heavy atom. The summed E-state index contributed by atoms with van der Waals surface area (Å²) in [5.74, 6) is 0.631. The number of allylic oxidation sites excluding steroid dienone is 1. The van der Waals surface area contributed by atoms with Crippen molar-refractivity contribution in [1.29, 1.82) is 0 Å². The zero-order valence-electron chi connectivity index (χ0n) is 16.3. The van der Waals surface area contributed by atoms with Crippen LogP contribution < -0.4 is 15.0 Å². The van der Waals surface area contributed by atoms with Crippen molar-refractivity contribution in [2.24, 2.45) is 0 Å². The molecule has 7 heteroatoms. The van der Waals surface area contributed by atoms with E-state index >= 15 is 0 Å². The predicted molar refractivity (Wildman–Crippen MR) is 109 cm³/mol. The molecule has 0 saturated carbocycles. The Hall–Kier alpha value is -3.61. The number of benzene rings is 2. The van der Waals surface area contributed by atoms with Crippen LogP contribution in [-0.4, -0.2) is 29.7 Å². The minimum atomic E-state index is -0.736. The van der Waals surface area contributed by atoms with Crippen LogP contribution in [0, 0.1) is 0 Å². The number of nitrogens with one attached hydrogen (secondary N) is 1. The maximum Gasteiger partial charge on any atom is 0.344 e. The molecular weight excluding hydrogens is 372 g/mol. The van der Waals surface area contributed by atoms with Crippen LogP contribution in [0.15, 0.2) is 59.9 Å². The van der Waals surface area contributed by atoms with Crippen LogP contribution in [0.25, 0.3) is 10.9 Å². The number of nitrogens with zero attached hydrogens (tertiary/aromatic N) is 1. The van der Waals surface area contributed by atoms with Crippen molar-refractivity contribution in [3.8, 4) is 11.5 Å². The number of methoxy groups -OCH3 is 1. The van der Waals surface area contributed by atoms with Gasteiger partial charge in [0, 0.05) is 0 Å². The number of rotatable bonds is 8. The number of para-hydroxylation sites is 1. The molecule has 7 nitrogen and oxygen atoms in total. The Labute approximate surface area is 168 Å². The van der Waals surface area contributed by atoms with Crippen molar-refractivity contribution >= 4 is 16.9 Å². The van der Waals surface area contributed by atoms with Gasteiger partial charge in [0.05, 0.1) is 18.0 Å². The highest BCUT2D eigenvalue weighted by molar-refractivity contribution is 5.77. The number of fused-ring (bicyclic) bond motifs is 1. The number of aromatic amines is 1. The van der Waals surface area contributed by atoms with Gasteiger partial charge in [-0.25, -0.2) is 9.78 Å². The Bertz CT molecular complexity index is 1090. The molecule has 1 heterocycles. The summed E-state index contributed by atoms with van der Waals surface area (Å²) < 4.78 is 16.2. The lowest BCUT2D eigenvalue weighted by Crippen LogP contribution is -2.20. The molecule has 0 aliphatic heterocycles. The Balaban J connectivity index is 1.65. The van der Waals surface area contributed by atoms with Crippen molar-refractivity contribution < 1.29 is 19.0 Å². The van der Waals surface area contributed by atoms with E-state index < -0.39 is 12.1 Å². The molecule has 0 unspecified atom stereocenters. The van der Waals surface area contributed by atoms with E-state index in [1.807, 2.05) is 12.1 Å². The molecule has 2 aromatic carbocycles. The number of hydrogen-bond donors (Lipinski definition) is 1. The molecule has 0 aliphatic rings. The zero-order chi connectivity index (χ0) is 20.8. The highest BCUT2D eigenvalue weighted by Gasteiger charge is 2.17. The SMILES string of the molecule is C=CCc1ccc(OCC(=O)O[C@@H](C)c2nc3ccccc3c(=O)[nH]2)c(OC)c1. The van der Waals surface area contributed by atoms with E-state index in [1.54, 1.807) is 43.3 Å². The molecule has 1 N–H and O–H groups in total. The fourth-order valence-corrected chi connectivity index (χ4v) is 2.85. The fourth-order valence-electron chi connectivity index (χ4n) is 2.85. The van der Waals surface area contributed by atoms with Gasteiger partial charge in [0.15, 0.2) is 30.0 Å². The molecule has 1 atom stereocenters. The molecule has 150 valence electrons. The highest BCUT2D eigenvalue weighted by atomic mass is 16.6. The molecule has 0 aliphatic carbocycles. The van der Waals surface area contributed by atoms with Gasteiger partial charge in [-0.1, -0.05) is 24.3 Å². The lowest BCUT2D eigenvalue weighted by atomic mass is 10.1. The summed E-state index contributed by atoms with van der Waals surface area (Å²) in [4.78, 5) is 31.4. The van der Waals surface area contributed by atoms with Crippen LogP contribution in [0.4, 0.5) is 0 Å². The minimum Gasteiger partial charge on any atom is -0.493 e. The van der Waals surface area contributed by atoms with Crippen molar-refractivity contribution in [3.05, 3.63) is 76.9 Å². The first-order valence-corrected chi connectivity index (χ1v) is 9.11.